The van der Waals surface area contributed by atoms with E-state index in [0.29, 0.717) is 12.5 Å². The van der Waals surface area contributed by atoms with Crippen LogP contribution in [0.25, 0.3) is 0 Å². The Labute approximate surface area is 182 Å². The van der Waals surface area contributed by atoms with Crippen molar-refractivity contribution in [1.29, 1.82) is 0 Å². The van der Waals surface area contributed by atoms with Crippen LogP contribution in [-0.4, -0.2) is 75.8 Å². The Morgan fingerprint density at radius 3 is 2.90 bits per heavy atom. The number of aliphatic imine (C=N–C) groups is 1. The van der Waals surface area contributed by atoms with Gasteiger partial charge in [0.1, 0.15) is 12.4 Å². The Hall–Kier alpha value is -2.06. The van der Waals surface area contributed by atoms with Gasteiger partial charge >= 0.3 is 0 Å². The highest BCUT2D eigenvalue weighted by atomic mass is 35.5. The van der Waals surface area contributed by atoms with E-state index in [9.17, 15) is 9.18 Å². The van der Waals surface area contributed by atoms with E-state index in [0.717, 1.165) is 44.6 Å². The lowest BCUT2D eigenvalue weighted by Gasteiger charge is -2.25. The number of nitrogens with zero attached hydrogens (tertiary/aromatic N) is 3. The van der Waals surface area contributed by atoms with Crippen molar-refractivity contribution in [3.8, 4) is 0 Å². The third kappa shape index (κ3) is 6.47. The van der Waals surface area contributed by atoms with Crippen molar-refractivity contribution in [1.82, 2.24) is 15.5 Å². The number of rotatable bonds is 6. The van der Waals surface area contributed by atoms with Crippen molar-refractivity contribution in [2.75, 3.05) is 51.8 Å². The summed E-state index contributed by atoms with van der Waals surface area (Å²) in [7, 11) is 3.44. The summed E-state index contributed by atoms with van der Waals surface area (Å²) in [5, 5.41) is 6.90. The van der Waals surface area contributed by atoms with Crippen molar-refractivity contribution in [3.63, 3.8) is 0 Å². The van der Waals surface area contributed by atoms with Crippen LogP contribution < -0.4 is 15.5 Å². The number of ether oxygens (including phenoxy) is 1. The Morgan fingerprint density at radius 1 is 1.37 bits per heavy atom. The van der Waals surface area contributed by atoms with E-state index in [2.05, 4.69) is 20.5 Å². The maximum Gasteiger partial charge on any atom is 0.243 e. The number of carbonyl (C=O) groups is 1. The molecule has 3 rings (SSSR count). The molecule has 1 aromatic rings. The van der Waals surface area contributed by atoms with E-state index in [1.165, 1.54) is 17.4 Å². The van der Waals surface area contributed by atoms with E-state index in [1.54, 1.807) is 26.2 Å². The van der Waals surface area contributed by atoms with Gasteiger partial charge in [-0.2, -0.15) is 0 Å². The summed E-state index contributed by atoms with van der Waals surface area (Å²) < 4.78 is 19.2. The zero-order valence-electron chi connectivity index (χ0n) is 17.7. The summed E-state index contributed by atoms with van der Waals surface area (Å²) in [4.78, 5) is 20.1. The van der Waals surface area contributed by atoms with Gasteiger partial charge in [-0.05, 0) is 43.9 Å². The SMILES string of the molecule is CN(C)C(=O)CN=C(NCC1CCCCO1)NC1CCN(c2ccc(F)c(Cl)c2)C1. The van der Waals surface area contributed by atoms with Crippen molar-refractivity contribution < 1.29 is 13.9 Å². The summed E-state index contributed by atoms with van der Waals surface area (Å²) >= 11 is 5.93. The van der Waals surface area contributed by atoms with Gasteiger partial charge in [0.2, 0.25) is 5.91 Å². The molecule has 2 heterocycles. The van der Waals surface area contributed by atoms with E-state index < -0.39 is 5.82 Å². The van der Waals surface area contributed by atoms with Crippen LogP contribution in [0.4, 0.5) is 10.1 Å². The standard InChI is InChI=1S/C21H31ClFN5O2/c1-27(2)20(29)13-25-21(24-12-17-5-3-4-10-30-17)26-15-8-9-28(14-15)16-6-7-19(23)18(22)11-16/h6-7,11,15,17H,3-5,8-10,12-14H2,1-2H3,(H2,24,25,26). The Balaban J connectivity index is 1.59. The fourth-order valence-corrected chi connectivity index (χ4v) is 3.78. The van der Waals surface area contributed by atoms with Gasteiger partial charge < -0.3 is 25.2 Å². The number of nitrogens with one attached hydrogen (secondary N) is 2. The summed E-state index contributed by atoms with van der Waals surface area (Å²) in [5.74, 6) is 0.144. The molecule has 2 aliphatic heterocycles. The number of hydrogen-bond acceptors (Lipinski definition) is 4. The van der Waals surface area contributed by atoms with Gasteiger partial charge in [0, 0.05) is 52.1 Å². The van der Waals surface area contributed by atoms with Gasteiger partial charge in [-0.25, -0.2) is 9.38 Å². The Kier molecular flexibility index (Phi) is 8.16. The van der Waals surface area contributed by atoms with E-state index in [1.807, 2.05) is 0 Å². The monoisotopic (exact) mass is 439 g/mol. The molecule has 2 saturated heterocycles. The molecule has 30 heavy (non-hydrogen) atoms. The van der Waals surface area contributed by atoms with Crippen LogP contribution in [0.5, 0.6) is 0 Å². The van der Waals surface area contributed by atoms with Gasteiger partial charge in [-0.3, -0.25) is 4.79 Å². The second kappa shape index (κ2) is 10.8. The molecule has 0 aliphatic carbocycles. The van der Waals surface area contributed by atoms with Crippen LogP contribution in [-0.2, 0) is 9.53 Å². The lowest BCUT2D eigenvalue weighted by Crippen LogP contribution is -2.47. The third-order valence-electron chi connectivity index (χ3n) is 5.44. The lowest BCUT2D eigenvalue weighted by atomic mass is 10.1. The summed E-state index contributed by atoms with van der Waals surface area (Å²) in [6.07, 6.45) is 4.37. The van der Waals surface area contributed by atoms with Crippen LogP contribution in [0.15, 0.2) is 23.2 Å². The average Bonchev–Trinajstić information content (AvgIpc) is 3.21. The quantitative estimate of drug-likeness (QED) is 0.525. The molecule has 2 N–H and O–H groups in total. The fraction of sp³-hybridized carbons (Fsp3) is 0.619. The minimum Gasteiger partial charge on any atom is -0.376 e. The highest BCUT2D eigenvalue weighted by Crippen LogP contribution is 2.25. The normalized spacial score (nSPS) is 22.1. The largest absolute Gasteiger partial charge is 0.376 e. The molecular weight excluding hydrogens is 409 g/mol. The van der Waals surface area contributed by atoms with Crippen LogP contribution in [0.2, 0.25) is 5.02 Å². The number of halogens is 2. The van der Waals surface area contributed by atoms with Gasteiger partial charge in [0.25, 0.3) is 0 Å². The first-order chi connectivity index (χ1) is 14.4. The number of anilines is 1. The maximum absolute atomic E-state index is 13.5. The van der Waals surface area contributed by atoms with Crippen LogP contribution in [0.3, 0.4) is 0 Å². The van der Waals surface area contributed by atoms with Gasteiger partial charge in [0.05, 0.1) is 11.1 Å². The molecule has 2 unspecified atom stereocenters. The molecule has 0 radical (unpaired) electrons. The minimum atomic E-state index is -0.414. The number of carbonyl (C=O) groups excluding carboxylic acids is 1. The second-order valence-corrected chi connectivity index (χ2v) is 8.40. The zero-order chi connectivity index (χ0) is 21.5. The molecule has 0 saturated carbocycles. The van der Waals surface area contributed by atoms with Gasteiger partial charge in [-0.15, -0.1) is 0 Å². The molecule has 0 spiro atoms. The number of hydrogen-bond donors (Lipinski definition) is 2. The predicted octanol–water partition coefficient (Wildman–Crippen LogP) is 2.25. The lowest BCUT2D eigenvalue weighted by molar-refractivity contribution is -0.127. The molecule has 166 valence electrons. The number of likely N-dealkylation sites (N-methyl/N-ethyl adjacent to an activating group) is 1. The Morgan fingerprint density at radius 2 is 2.20 bits per heavy atom. The molecule has 2 atom stereocenters. The highest BCUT2D eigenvalue weighted by Gasteiger charge is 2.24. The molecule has 1 amide bonds. The average molecular weight is 440 g/mol. The minimum absolute atomic E-state index is 0.0565. The topological polar surface area (TPSA) is 69.2 Å². The first kappa shape index (κ1) is 22.6. The second-order valence-electron chi connectivity index (χ2n) is 8.00. The molecule has 2 aliphatic rings. The molecule has 9 heteroatoms. The number of amides is 1. The van der Waals surface area contributed by atoms with Gasteiger partial charge in [-0.1, -0.05) is 11.6 Å². The molecule has 0 aromatic heterocycles. The van der Waals surface area contributed by atoms with E-state index in [4.69, 9.17) is 16.3 Å². The van der Waals surface area contributed by atoms with Crippen molar-refractivity contribution in [3.05, 3.63) is 29.0 Å². The van der Waals surface area contributed by atoms with Crippen LogP contribution in [0.1, 0.15) is 25.7 Å². The van der Waals surface area contributed by atoms with Crippen LogP contribution in [0, 0.1) is 5.82 Å². The van der Waals surface area contributed by atoms with Crippen LogP contribution >= 0.6 is 11.6 Å². The molecule has 0 bridgehead atoms. The summed E-state index contributed by atoms with van der Waals surface area (Å²) in [6, 6.07) is 4.95. The summed E-state index contributed by atoms with van der Waals surface area (Å²) in [5.41, 5.74) is 0.899. The van der Waals surface area contributed by atoms with Crippen molar-refractivity contribution in [2.45, 2.75) is 37.8 Å². The van der Waals surface area contributed by atoms with E-state index in [-0.39, 0.29) is 29.6 Å². The molecule has 7 nitrogen and oxygen atoms in total. The highest BCUT2D eigenvalue weighted by molar-refractivity contribution is 6.31. The molecule has 2 fully saturated rings. The Bertz CT molecular complexity index is 755. The molecular formula is C21H31ClFN5O2. The third-order valence-corrected chi connectivity index (χ3v) is 5.73. The van der Waals surface area contributed by atoms with E-state index >= 15 is 0 Å². The fourth-order valence-electron chi connectivity index (χ4n) is 3.61. The smallest absolute Gasteiger partial charge is 0.243 e. The maximum atomic E-state index is 13.5. The number of guanidine groups is 1. The summed E-state index contributed by atoms with van der Waals surface area (Å²) in [6.45, 7) is 3.10. The van der Waals surface area contributed by atoms with Crippen molar-refractivity contribution in [2.24, 2.45) is 4.99 Å². The first-order valence-corrected chi connectivity index (χ1v) is 10.9. The van der Waals surface area contributed by atoms with Crippen molar-refractivity contribution >= 4 is 29.2 Å². The van der Waals surface area contributed by atoms with Gasteiger partial charge in [0.15, 0.2) is 5.96 Å². The zero-order valence-corrected chi connectivity index (χ0v) is 18.4. The number of benzene rings is 1. The molecule has 1 aromatic carbocycles. The first-order valence-electron chi connectivity index (χ1n) is 10.5. The predicted molar refractivity (Wildman–Crippen MR) is 118 cm³/mol.